The molecule has 13 aromatic rings. The van der Waals surface area contributed by atoms with Crippen LogP contribution < -0.4 is 0 Å². The van der Waals surface area contributed by atoms with Gasteiger partial charge in [0.15, 0.2) is 0 Å². The topological polar surface area (TPSA) is 83.7 Å². The van der Waals surface area contributed by atoms with Crippen molar-refractivity contribution < 1.29 is 8.83 Å². The van der Waals surface area contributed by atoms with E-state index in [1.165, 1.54) is 0 Å². The van der Waals surface area contributed by atoms with E-state index in [2.05, 4.69) is 118 Å². The first kappa shape index (κ1) is 30.9. The molecule has 0 aliphatic heterocycles. The molecule has 0 amide bonds. The van der Waals surface area contributed by atoms with E-state index in [9.17, 15) is 10.5 Å². The minimum absolute atomic E-state index is 0.436. The third-order valence-corrected chi connectivity index (χ3v) is 12.2. The van der Waals surface area contributed by atoms with Crippen molar-refractivity contribution in [3.8, 4) is 23.5 Å². The Morgan fingerprint density at radius 2 is 0.741 bits per heavy atom. The summed E-state index contributed by atoms with van der Waals surface area (Å²) in [5.41, 5.74) is 8.97. The van der Waals surface area contributed by atoms with Gasteiger partial charge in [-0.1, -0.05) is 97.1 Å². The standard InChI is InChI=1S/C52H26N4O2/c53-27-31-26-44(56-40-22-18-30-10-2-4-12-34(30)48(40)50-42(56)24-20-38-36-14-6-8-16-46(36)58-52(38)50)32(28-54)25-43(31)55-39-21-17-29-9-1-3-11-33(29)47(39)49-41(55)23-19-37-35-13-5-7-15-45(35)57-51(37)49/h1-26H. The van der Waals surface area contributed by atoms with Crippen LogP contribution in [0.1, 0.15) is 11.1 Å². The van der Waals surface area contributed by atoms with Gasteiger partial charge < -0.3 is 18.0 Å². The van der Waals surface area contributed by atoms with Gasteiger partial charge in [-0.2, -0.15) is 10.5 Å². The SMILES string of the molecule is N#Cc1cc(-n2c3ccc4ccccc4c3c3c4oc5ccccc5c4ccc32)c(C#N)cc1-n1c2ccc3ccccc3c2c2c3oc4ccccc4c3ccc21. The van der Waals surface area contributed by atoms with E-state index in [4.69, 9.17) is 8.83 Å². The van der Waals surface area contributed by atoms with Crippen LogP contribution in [0.15, 0.2) is 167 Å². The lowest BCUT2D eigenvalue weighted by atomic mass is 10.0. The summed E-state index contributed by atoms with van der Waals surface area (Å²) in [6, 6.07) is 58.7. The van der Waals surface area contributed by atoms with Crippen LogP contribution in [0, 0.1) is 22.7 Å². The summed E-state index contributed by atoms with van der Waals surface area (Å²) in [5.74, 6) is 0. The van der Waals surface area contributed by atoms with E-state index < -0.39 is 0 Å². The van der Waals surface area contributed by atoms with Crippen molar-refractivity contribution in [2.75, 3.05) is 0 Å². The molecule has 0 bridgehead atoms. The molecular weight excluding hydrogens is 713 g/mol. The predicted octanol–water partition coefficient (Wildman–Crippen LogP) is 13.7. The normalized spacial score (nSPS) is 12.1. The molecule has 0 aliphatic carbocycles. The molecule has 4 heterocycles. The van der Waals surface area contributed by atoms with Crippen LogP contribution in [0.5, 0.6) is 0 Å². The first-order valence-corrected chi connectivity index (χ1v) is 19.2. The van der Waals surface area contributed by atoms with Crippen LogP contribution in [-0.2, 0) is 0 Å². The molecule has 266 valence electrons. The van der Waals surface area contributed by atoms with Crippen molar-refractivity contribution in [3.05, 3.63) is 169 Å². The molecule has 9 aromatic carbocycles. The zero-order valence-corrected chi connectivity index (χ0v) is 30.6. The number of para-hydroxylation sites is 2. The van der Waals surface area contributed by atoms with Crippen LogP contribution >= 0.6 is 0 Å². The van der Waals surface area contributed by atoms with Crippen LogP contribution in [-0.4, -0.2) is 9.13 Å². The van der Waals surface area contributed by atoms with Gasteiger partial charge in [-0.05, 0) is 82.2 Å². The largest absolute Gasteiger partial charge is 0.455 e. The number of furan rings is 2. The fraction of sp³-hybridized carbons (Fsp3) is 0. The molecule has 0 fully saturated rings. The lowest BCUT2D eigenvalue weighted by molar-refractivity contribution is 0.672. The average molecular weight is 739 g/mol. The second kappa shape index (κ2) is 11.1. The monoisotopic (exact) mass is 738 g/mol. The highest BCUT2D eigenvalue weighted by Gasteiger charge is 2.26. The molecule has 0 saturated carbocycles. The number of hydrogen-bond acceptors (Lipinski definition) is 4. The minimum Gasteiger partial charge on any atom is -0.455 e. The van der Waals surface area contributed by atoms with Gasteiger partial charge in [0, 0.05) is 32.3 Å². The Labute approximate surface area is 328 Å². The molecule has 0 saturated heterocycles. The van der Waals surface area contributed by atoms with Gasteiger partial charge in [-0.3, -0.25) is 0 Å². The van der Waals surface area contributed by atoms with Crippen LogP contribution in [0.25, 0.3) is 120 Å². The Morgan fingerprint density at radius 1 is 0.362 bits per heavy atom. The van der Waals surface area contributed by atoms with Gasteiger partial charge in [0.2, 0.25) is 0 Å². The fourth-order valence-electron chi connectivity index (χ4n) is 9.74. The van der Waals surface area contributed by atoms with Gasteiger partial charge in [-0.15, -0.1) is 0 Å². The van der Waals surface area contributed by atoms with Gasteiger partial charge in [0.05, 0.1) is 55.3 Å². The Balaban J connectivity index is 1.16. The lowest BCUT2D eigenvalue weighted by Gasteiger charge is -2.15. The second-order valence-corrected chi connectivity index (χ2v) is 15.0. The first-order chi connectivity index (χ1) is 28.7. The molecule has 0 unspecified atom stereocenters. The highest BCUT2D eigenvalue weighted by molar-refractivity contribution is 6.31. The summed E-state index contributed by atoms with van der Waals surface area (Å²) in [6.07, 6.45) is 0. The molecule has 13 rings (SSSR count). The zero-order valence-electron chi connectivity index (χ0n) is 30.6. The molecule has 6 heteroatoms. The highest BCUT2D eigenvalue weighted by Crippen LogP contribution is 2.46. The Bertz CT molecular complexity index is 3800. The van der Waals surface area contributed by atoms with E-state index in [1.807, 2.05) is 60.7 Å². The molecule has 0 spiro atoms. The van der Waals surface area contributed by atoms with E-state index in [-0.39, 0.29) is 0 Å². The van der Waals surface area contributed by atoms with Crippen molar-refractivity contribution in [1.82, 2.24) is 9.13 Å². The fourth-order valence-corrected chi connectivity index (χ4v) is 9.74. The molecule has 58 heavy (non-hydrogen) atoms. The maximum Gasteiger partial charge on any atom is 0.145 e. The van der Waals surface area contributed by atoms with Gasteiger partial charge >= 0.3 is 0 Å². The molecule has 4 aromatic heterocycles. The molecule has 0 aliphatic rings. The van der Waals surface area contributed by atoms with Crippen molar-refractivity contribution >= 4 is 109 Å². The van der Waals surface area contributed by atoms with Crippen LogP contribution in [0.2, 0.25) is 0 Å². The number of nitrogens with zero attached hydrogens (tertiary/aromatic N) is 4. The summed E-state index contributed by atoms with van der Waals surface area (Å²) >= 11 is 0. The number of aromatic nitrogens is 2. The smallest absolute Gasteiger partial charge is 0.145 e. The number of benzene rings is 9. The number of nitriles is 2. The third-order valence-electron chi connectivity index (χ3n) is 12.2. The molecule has 0 radical (unpaired) electrons. The molecular formula is C52H26N4O2. The van der Waals surface area contributed by atoms with E-state index in [0.29, 0.717) is 22.5 Å². The summed E-state index contributed by atoms with van der Waals surface area (Å²) in [6.45, 7) is 0. The predicted molar refractivity (Wildman–Crippen MR) is 234 cm³/mol. The molecule has 6 nitrogen and oxygen atoms in total. The van der Waals surface area contributed by atoms with E-state index in [1.54, 1.807) is 0 Å². The molecule has 0 N–H and O–H groups in total. The maximum atomic E-state index is 11.1. The summed E-state index contributed by atoms with van der Waals surface area (Å²) < 4.78 is 17.6. The Morgan fingerprint density at radius 3 is 1.19 bits per heavy atom. The lowest BCUT2D eigenvalue weighted by Crippen LogP contribution is -2.04. The summed E-state index contributed by atoms with van der Waals surface area (Å²) in [7, 11) is 0. The number of rotatable bonds is 2. The second-order valence-electron chi connectivity index (χ2n) is 15.0. The summed E-state index contributed by atoms with van der Waals surface area (Å²) in [4.78, 5) is 0. The van der Waals surface area contributed by atoms with Gasteiger partial charge in [0.1, 0.15) is 34.5 Å². The Kier molecular flexibility index (Phi) is 5.94. The summed E-state index contributed by atoms with van der Waals surface area (Å²) in [5, 5.41) is 34.7. The average Bonchev–Trinajstić information content (AvgIpc) is 4.03. The van der Waals surface area contributed by atoms with Crippen molar-refractivity contribution in [3.63, 3.8) is 0 Å². The van der Waals surface area contributed by atoms with Gasteiger partial charge in [0.25, 0.3) is 0 Å². The van der Waals surface area contributed by atoms with E-state index >= 15 is 0 Å². The molecule has 0 atom stereocenters. The van der Waals surface area contributed by atoms with Crippen LogP contribution in [0.4, 0.5) is 0 Å². The van der Waals surface area contributed by atoms with Gasteiger partial charge in [-0.25, -0.2) is 0 Å². The zero-order chi connectivity index (χ0) is 38.2. The first-order valence-electron chi connectivity index (χ1n) is 19.2. The maximum absolute atomic E-state index is 11.1. The number of fused-ring (bicyclic) bond motifs is 18. The highest BCUT2D eigenvalue weighted by atomic mass is 16.3. The Hall–Kier alpha value is -8.32. The minimum atomic E-state index is 0.436. The van der Waals surface area contributed by atoms with Crippen molar-refractivity contribution in [2.24, 2.45) is 0 Å². The van der Waals surface area contributed by atoms with Crippen molar-refractivity contribution in [1.29, 1.82) is 10.5 Å². The van der Waals surface area contributed by atoms with E-state index in [0.717, 1.165) is 109 Å². The van der Waals surface area contributed by atoms with Crippen LogP contribution in [0.3, 0.4) is 0 Å². The number of hydrogen-bond donors (Lipinski definition) is 0. The van der Waals surface area contributed by atoms with Crippen molar-refractivity contribution in [2.45, 2.75) is 0 Å². The third kappa shape index (κ3) is 3.88. The quantitative estimate of drug-likeness (QED) is 0.177.